The highest BCUT2D eigenvalue weighted by Crippen LogP contribution is 2.28. The van der Waals surface area contributed by atoms with E-state index in [-0.39, 0.29) is 12.4 Å². The monoisotopic (exact) mass is 260 g/mol. The molecule has 1 unspecified atom stereocenters. The number of amides is 1. The molecule has 2 fully saturated rings. The van der Waals surface area contributed by atoms with Crippen molar-refractivity contribution < 1.29 is 4.79 Å². The molecular weight excluding hydrogens is 236 g/mol. The molecule has 4 heteroatoms. The van der Waals surface area contributed by atoms with E-state index in [0.717, 1.165) is 32.4 Å². The van der Waals surface area contributed by atoms with Gasteiger partial charge in [-0.2, -0.15) is 0 Å². The molecular formula is C13H25ClN2O. The highest BCUT2D eigenvalue weighted by atomic mass is 35.5. The molecule has 3 nitrogen and oxygen atoms in total. The van der Waals surface area contributed by atoms with Gasteiger partial charge in [-0.1, -0.05) is 6.92 Å². The summed E-state index contributed by atoms with van der Waals surface area (Å²) < 4.78 is 0. The summed E-state index contributed by atoms with van der Waals surface area (Å²) in [5, 5.41) is 3.46. The molecule has 0 aromatic rings. The minimum Gasteiger partial charge on any atom is -0.340 e. The van der Waals surface area contributed by atoms with E-state index in [4.69, 9.17) is 0 Å². The van der Waals surface area contributed by atoms with Gasteiger partial charge in [-0.3, -0.25) is 4.79 Å². The summed E-state index contributed by atoms with van der Waals surface area (Å²) in [6.07, 6.45) is 7.86. The van der Waals surface area contributed by atoms with Crippen LogP contribution in [0.5, 0.6) is 0 Å². The van der Waals surface area contributed by atoms with Crippen LogP contribution in [0.2, 0.25) is 0 Å². The van der Waals surface area contributed by atoms with Gasteiger partial charge in [-0.25, -0.2) is 0 Å². The molecule has 100 valence electrons. The molecule has 2 rings (SSSR count). The van der Waals surface area contributed by atoms with Gasteiger partial charge in [0, 0.05) is 25.0 Å². The van der Waals surface area contributed by atoms with Crippen molar-refractivity contribution in [3.8, 4) is 0 Å². The quantitative estimate of drug-likeness (QED) is 0.795. The van der Waals surface area contributed by atoms with Crippen LogP contribution < -0.4 is 5.32 Å². The molecule has 0 bridgehead atoms. The third-order valence-corrected chi connectivity index (χ3v) is 3.64. The second-order valence-corrected chi connectivity index (χ2v) is 5.15. The Kier molecular flexibility index (Phi) is 6.28. The van der Waals surface area contributed by atoms with Gasteiger partial charge >= 0.3 is 0 Å². The summed E-state index contributed by atoms with van der Waals surface area (Å²) in [5.41, 5.74) is 0. The first-order chi connectivity index (χ1) is 7.81. The number of hydrogen-bond acceptors (Lipinski definition) is 2. The van der Waals surface area contributed by atoms with Crippen molar-refractivity contribution in [2.75, 3.05) is 13.1 Å². The lowest BCUT2D eigenvalue weighted by Gasteiger charge is -2.22. The molecule has 0 spiro atoms. The highest BCUT2D eigenvalue weighted by molar-refractivity contribution is 5.85. The summed E-state index contributed by atoms with van der Waals surface area (Å²) in [6.45, 7) is 4.25. The standard InChI is InChI=1S/C13H24N2O.ClH/c1-2-10-15(12-6-7-12)13(16)8-5-11-4-3-9-14-11;/h11-12,14H,2-10H2,1H3;1H. The van der Waals surface area contributed by atoms with E-state index in [1.807, 2.05) is 0 Å². The number of halogens is 1. The van der Waals surface area contributed by atoms with E-state index < -0.39 is 0 Å². The summed E-state index contributed by atoms with van der Waals surface area (Å²) in [5.74, 6) is 0.387. The lowest BCUT2D eigenvalue weighted by Crippen LogP contribution is -2.34. The van der Waals surface area contributed by atoms with E-state index in [2.05, 4.69) is 17.1 Å². The minimum absolute atomic E-state index is 0. The average molecular weight is 261 g/mol. The van der Waals surface area contributed by atoms with Crippen molar-refractivity contribution in [2.24, 2.45) is 0 Å². The SMILES string of the molecule is CCCN(C(=O)CCC1CCCN1)C1CC1.Cl. The van der Waals surface area contributed by atoms with E-state index in [9.17, 15) is 4.79 Å². The third kappa shape index (κ3) is 4.47. The molecule has 0 aromatic carbocycles. The van der Waals surface area contributed by atoms with Crippen LogP contribution in [0.3, 0.4) is 0 Å². The van der Waals surface area contributed by atoms with Crippen molar-refractivity contribution in [3.63, 3.8) is 0 Å². The molecule has 1 N–H and O–H groups in total. The van der Waals surface area contributed by atoms with Gasteiger partial charge in [-0.15, -0.1) is 12.4 Å². The maximum absolute atomic E-state index is 12.1. The Morgan fingerprint density at radius 3 is 2.65 bits per heavy atom. The van der Waals surface area contributed by atoms with Crippen molar-refractivity contribution >= 4 is 18.3 Å². The van der Waals surface area contributed by atoms with E-state index in [1.54, 1.807) is 0 Å². The van der Waals surface area contributed by atoms with Crippen LogP contribution in [0.25, 0.3) is 0 Å². The molecule has 17 heavy (non-hydrogen) atoms. The van der Waals surface area contributed by atoms with Gasteiger partial charge in [0.15, 0.2) is 0 Å². The maximum atomic E-state index is 12.1. The molecule has 1 aliphatic heterocycles. The molecule has 1 aliphatic carbocycles. The molecule has 1 saturated carbocycles. The fourth-order valence-electron chi connectivity index (χ4n) is 2.58. The predicted molar refractivity (Wildman–Crippen MR) is 72.5 cm³/mol. The van der Waals surface area contributed by atoms with E-state index in [0.29, 0.717) is 18.0 Å². The average Bonchev–Trinajstić information content (AvgIpc) is 2.99. The van der Waals surface area contributed by atoms with Gasteiger partial charge in [0.2, 0.25) is 5.91 Å². The van der Waals surface area contributed by atoms with Crippen LogP contribution in [0.4, 0.5) is 0 Å². The van der Waals surface area contributed by atoms with Gasteiger partial charge in [-0.05, 0) is 45.1 Å². The second kappa shape index (κ2) is 7.22. The lowest BCUT2D eigenvalue weighted by molar-refractivity contribution is -0.132. The second-order valence-electron chi connectivity index (χ2n) is 5.15. The van der Waals surface area contributed by atoms with Crippen molar-refractivity contribution in [1.82, 2.24) is 10.2 Å². The first-order valence-corrected chi connectivity index (χ1v) is 6.84. The molecule has 1 heterocycles. The van der Waals surface area contributed by atoms with Gasteiger partial charge < -0.3 is 10.2 Å². The van der Waals surface area contributed by atoms with Crippen LogP contribution in [0.15, 0.2) is 0 Å². The van der Waals surface area contributed by atoms with E-state index in [1.165, 1.54) is 25.7 Å². The van der Waals surface area contributed by atoms with Crippen LogP contribution in [0, 0.1) is 0 Å². The fraction of sp³-hybridized carbons (Fsp3) is 0.923. The number of nitrogens with one attached hydrogen (secondary N) is 1. The summed E-state index contributed by atoms with van der Waals surface area (Å²) >= 11 is 0. The van der Waals surface area contributed by atoms with Gasteiger partial charge in [0.25, 0.3) is 0 Å². The first kappa shape index (κ1) is 14.8. The molecule has 2 aliphatic rings. The Morgan fingerprint density at radius 1 is 1.35 bits per heavy atom. The Balaban J connectivity index is 0.00000144. The van der Waals surface area contributed by atoms with Crippen LogP contribution >= 0.6 is 12.4 Å². The molecule has 0 aromatic heterocycles. The van der Waals surface area contributed by atoms with Crippen LogP contribution in [-0.2, 0) is 4.79 Å². The Morgan fingerprint density at radius 2 is 2.12 bits per heavy atom. The molecule has 0 radical (unpaired) electrons. The molecule has 1 amide bonds. The Labute approximate surface area is 111 Å². The normalized spacial score (nSPS) is 23.2. The maximum Gasteiger partial charge on any atom is 0.222 e. The smallest absolute Gasteiger partial charge is 0.222 e. The van der Waals surface area contributed by atoms with E-state index >= 15 is 0 Å². The molecule has 1 atom stereocenters. The van der Waals surface area contributed by atoms with Crippen molar-refractivity contribution in [3.05, 3.63) is 0 Å². The lowest BCUT2D eigenvalue weighted by atomic mass is 10.1. The zero-order chi connectivity index (χ0) is 11.4. The number of hydrogen-bond donors (Lipinski definition) is 1. The number of rotatable bonds is 6. The number of carbonyl (C=O) groups is 1. The summed E-state index contributed by atoms with van der Waals surface area (Å²) in [4.78, 5) is 14.2. The van der Waals surface area contributed by atoms with Gasteiger partial charge in [0.1, 0.15) is 0 Å². The van der Waals surface area contributed by atoms with Gasteiger partial charge in [0.05, 0.1) is 0 Å². The summed E-state index contributed by atoms with van der Waals surface area (Å²) in [6, 6.07) is 1.19. The number of carbonyl (C=O) groups excluding carboxylic acids is 1. The Bertz CT molecular complexity index is 238. The fourth-order valence-corrected chi connectivity index (χ4v) is 2.58. The first-order valence-electron chi connectivity index (χ1n) is 6.84. The topological polar surface area (TPSA) is 32.3 Å². The number of nitrogens with zero attached hydrogens (tertiary/aromatic N) is 1. The zero-order valence-corrected chi connectivity index (χ0v) is 11.6. The Hall–Kier alpha value is -0.280. The minimum atomic E-state index is 0. The van der Waals surface area contributed by atoms with Crippen molar-refractivity contribution in [1.29, 1.82) is 0 Å². The summed E-state index contributed by atoms with van der Waals surface area (Å²) in [7, 11) is 0. The largest absolute Gasteiger partial charge is 0.340 e. The highest BCUT2D eigenvalue weighted by Gasteiger charge is 2.31. The third-order valence-electron chi connectivity index (χ3n) is 3.64. The van der Waals surface area contributed by atoms with Crippen molar-refractivity contribution in [2.45, 2.75) is 64.0 Å². The predicted octanol–water partition coefficient (Wildman–Crippen LogP) is 2.34. The van der Waals surface area contributed by atoms with Crippen LogP contribution in [-0.4, -0.2) is 36.0 Å². The zero-order valence-electron chi connectivity index (χ0n) is 10.8. The van der Waals surface area contributed by atoms with Crippen LogP contribution in [0.1, 0.15) is 51.9 Å². The molecule has 1 saturated heterocycles.